The Balaban J connectivity index is 1.43. The average Bonchev–Trinajstić information content (AvgIpc) is 3.51. The molecule has 7 nitrogen and oxygen atoms in total. The van der Waals surface area contributed by atoms with Crippen molar-refractivity contribution in [2.75, 3.05) is 13.7 Å². The summed E-state index contributed by atoms with van der Waals surface area (Å²) in [5.74, 6) is 1.19. The number of rotatable bonds is 9. The maximum Gasteiger partial charge on any atom is 0.222 e. The summed E-state index contributed by atoms with van der Waals surface area (Å²) in [5.41, 5.74) is 0.912. The summed E-state index contributed by atoms with van der Waals surface area (Å²) in [6, 6.07) is 7.36. The first-order valence-corrected chi connectivity index (χ1v) is 10.0. The number of ether oxygens (including phenoxy) is 2. The van der Waals surface area contributed by atoms with E-state index in [1.807, 2.05) is 24.3 Å². The van der Waals surface area contributed by atoms with Gasteiger partial charge in [-0.25, -0.2) is 0 Å². The molecule has 3 N–H and O–H groups in total. The van der Waals surface area contributed by atoms with Gasteiger partial charge in [0.25, 0.3) is 0 Å². The lowest BCUT2D eigenvalue weighted by atomic mass is 9.96. The number of aliphatic hydroxyl groups excluding tert-OH is 1. The highest BCUT2D eigenvalue weighted by atomic mass is 16.5. The molecule has 1 saturated carbocycles. The minimum absolute atomic E-state index is 0.0301. The van der Waals surface area contributed by atoms with Gasteiger partial charge >= 0.3 is 0 Å². The molecule has 154 valence electrons. The molecule has 0 spiro atoms. The summed E-state index contributed by atoms with van der Waals surface area (Å²) in [5, 5.41) is 15.5. The van der Waals surface area contributed by atoms with Crippen LogP contribution in [0.4, 0.5) is 0 Å². The SMILES string of the molecule is COc1ccccc1CNC(=O)C[C@@H]1CC[C@H](NC(=O)CC2CC2)[C@H](CO)O1. The van der Waals surface area contributed by atoms with E-state index in [0.29, 0.717) is 31.7 Å². The normalized spacial score (nSPS) is 24.4. The molecule has 2 aliphatic rings. The molecule has 2 amide bonds. The zero-order chi connectivity index (χ0) is 19.9. The number of hydrogen-bond donors (Lipinski definition) is 3. The van der Waals surface area contributed by atoms with Crippen LogP contribution in [0.3, 0.4) is 0 Å². The number of carbonyl (C=O) groups excluding carboxylic acids is 2. The molecule has 1 aliphatic carbocycles. The molecule has 0 bridgehead atoms. The van der Waals surface area contributed by atoms with Crippen LogP contribution in [0.25, 0.3) is 0 Å². The molecule has 1 saturated heterocycles. The zero-order valence-corrected chi connectivity index (χ0v) is 16.4. The molecule has 2 fully saturated rings. The van der Waals surface area contributed by atoms with Crippen molar-refractivity contribution < 1.29 is 24.2 Å². The van der Waals surface area contributed by atoms with E-state index in [1.54, 1.807) is 7.11 Å². The summed E-state index contributed by atoms with van der Waals surface area (Å²) in [4.78, 5) is 24.3. The lowest BCUT2D eigenvalue weighted by molar-refractivity contribution is -0.136. The number of nitrogens with one attached hydrogen (secondary N) is 2. The van der Waals surface area contributed by atoms with Crippen molar-refractivity contribution in [2.24, 2.45) is 5.92 Å². The zero-order valence-electron chi connectivity index (χ0n) is 16.4. The van der Waals surface area contributed by atoms with E-state index in [1.165, 1.54) is 0 Å². The van der Waals surface area contributed by atoms with E-state index >= 15 is 0 Å². The fourth-order valence-corrected chi connectivity index (χ4v) is 3.62. The molecule has 1 aromatic carbocycles. The number of aliphatic hydroxyl groups is 1. The van der Waals surface area contributed by atoms with Crippen LogP contribution < -0.4 is 15.4 Å². The Bertz CT molecular complexity index is 677. The Morgan fingerprint density at radius 2 is 1.93 bits per heavy atom. The predicted molar refractivity (Wildman–Crippen MR) is 104 cm³/mol. The highest BCUT2D eigenvalue weighted by Crippen LogP contribution is 2.32. The third-order valence-corrected chi connectivity index (χ3v) is 5.39. The average molecular weight is 390 g/mol. The monoisotopic (exact) mass is 390 g/mol. The largest absolute Gasteiger partial charge is 0.496 e. The molecule has 1 aromatic rings. The van der Waals surface area contributed by atoms with E-state index < -0.39 is 6.10 Å². The topological polar surface area (TPSA) is 96.9 Å². The van der Waals surface area contributed by atoms with Crippen LogP contribution in [0.1, 0.15) is 44.1 Å². The smallest absolute Gasteiger partial charge is 0.222 e. The summed E-state index contributed by atoms with van der Waals surface area (Å²) in [6.07, 6.45) is 3.70. The maximum atomic E-state index is 12.3. The van der Waals surface area contributed by atoms with E-state index in [0.717, 1.165) is 24.2 Å². The summed E-state index contributed by atoms with van der Waals surface area (Å²) >= 11 is 0. The molecule has 1 heterocycles. The quantitative estimate of drug-likeness (QED) is 0.594. The van der Waals surface area contributed by atoms with Crippen molar-refractivity contribution in [3.63, 3.8) is 0 Å². The molecule has 1 aliphatic heterocycles. The van der Waals surface area contributed by atoms with Crippen molar-refractivity contribution in [2.45, 2.75) is 63.3 Å². The minimum atomic E-state index is -0.469. The molecular weight excluding hydrogens is 360 g/mol. The third-order valence-electron chi connectivity index (χ3n) is 5.39. The number of para-hydroxylation sites is 1. The van der Waals surface area contributed by atoms with Gasteiger partial charge in [-0.2, -0.15) is 0 Å². The van der Waals surface area contributed by atoms with Gasteiger partial charge in [0.1, 0.15) is 11.9 Å². The first-order valence-electron chi connectivity index (χ1n) is 10.0. The Morgan fingerprint density at radius 3 is 2.64 bits per heavy atom. The Morgan fingerprint density at radius 1 is 1.14 bits per heavy atom. The lowest BCUT2D eigenvalue weighted by Gasteiger charge is -2.36. The van der Waals surface area contributed by atoms with Gasteiger partial charge in [-0.05, 0) is 37.7 Å². The fourth-order valence-electron chi connectivity index (χ4n) is 3.62. The van der Waals surface area contributed by atoms with Gasteiger partial charge in [-0.3, -0.25) is 9.59 Å². The molecule has 3 atom stereocenters. The van der Waals surface area contributed by atoms with Gasteiger partial charge in [-0.1, -0.05) is 18.2 Å². The number of amides is 2. The van der Waals surface area contributed by atoms with Crippen LogP contribution >= 0.6 is 0 Å². The van der Waals surface area contributed by atoms with Gasteiger partial charge in [0, 0.05) is 18.5 Å². The van der Waals surface area contributed by atoms with E-state index in [4.69, 9.17) is 9.47 Å². The van der Waals surface area contributed by atoms with Crippen LogP contribution in [0.5, 0.6) is 5.75 Å². The van der Waals surface area contributed by atoms with Crippen molar-refractivity contribution in [3.8, 4) is 5.75 Å². The van der Waals surface area contributed by atoms with Gasteiger partial charge in [-0.15, -0.1) is 0 Å². The second kappa shape index (κ2) is 9.89. The highest BCUT2D eigenvalue weighted by molar-refractivity contribution is 5.77. The van der Waals surface area contributed by atoms with Crippen molar-refractivity contribution in [1.82, 2.24) is 10.6 Å². The van der Waals surface area contributed by atoms with Crippen molar-refractivity contribution in [1.29, 1.82) is 0 Å². The van der Waals surface area contributed by atoms with Crippen LogP contribution in [0.2, 0.25) is 0 Å². The van der Waals surface area contributed by atoms with Gasteiger partial charge in [0.05, 0.1) is 32.3 Å². The molecule has 28 heavy (non-hydrogen) atoms. The summed E-state index contributed by atoms with van der Waals surface area (Å²) in [6.45, 7) is 0.215. The number of carbonyl (C=O) groups is 2. The molecule has 3 rings (SSSR count). The van der Waals surface area contributed by atoms with Crippen LogP contribution in [-0.4, -0.2) is 48.9 Å². The van der Waals surface area contributed by atoms with Gasteiger partial charge < -0.3 is 25.2 Å². The highest BCUT2D eigenvalue weighted by Gasteiger charge is 2.34. The predicted octanol–water partition coefficient (Wildman–Crippen LogP) is 1.53. The fraction of sp³-hybridized carbons (Fsp3) is 0.619. The van der Waals surface area contributed by atoms with Gasteiger partial charge in [0.2, 0.25) is 11.8 Å². The van der Waals surface area contributed by atoms with E-state index in [9.17, 15) is 14.7 Å². The van der Waals surface area contributed by atoms with Crippen molar-refractivity contribution in [3.05, 3.63) is 29.8 Å². The number of methoxy groups -OCH3 is 1. The molecule has 7 heteroatoms. The minimum Gasteiger partial charge on any atom is -0.496 e. The Hall–Kier alpha value is -2.12. The number of benzene rings is 1. The molecule has 0 aromatic heterocycles. The molecule has 0 radical (unpaired) electrons. The molecular formula is C21H30N2O5. The summed E-state index contributed by atoms with van der Waals surface area (Å²) < 4.78 is 11.2. The number of hydrogen-bond acceptors (Lipinski definition) is 5. The van der Waals surface area contributed by atoms with Gasteiger partial charge in [0.15, 0.2) is 0 Å². The van der Waals surface area contributed by atoms with Crippen LogP contribution in [-0.2, 0) is 20.9 Å². The van der Waals surface area contributed by atoms with Crippen LogP contribution in [0, 0.1) is 5.92 Å². The Labute approximate surface area is 165 Å². The molecule has 0 unspecified atom stereocenters. The third kappa shape index (κ3) is 5.94. The second-order valence-electron chi connectivity index (χ2n) is 7.67. The van der Waals surface area contributed by atoms with E-state index in [2.05, 4.69) is 10.6 Å². The Kier molecular flexibility index (Phi) is 7.28. The van der Waals surface area contributed by atoms with Crippen LogP contribution in [0.15, 0.2) is 24.3 Å². The first kappa shape index (κ1) is 20.6. The first-order chi connectivity index (χ1) is 13.6. The summed E-state index contributed by atoms with van der Waals surface area (Å²) in [7, 11) is 1.60. The second-order valence-corrected chi connectivity index (χ2v) is 7.67. The van der Waals surface area contributed by atoms with E-state index in [-0.39, 0.29) is 37.0 Å². The maximum absolute atomic E-state index is 12.3. The standard InChI is InChI=1S/C21H30N2O5/c1-27-18-5-3-2-4-15(18)12-22-20(25)11-16-8-9-17(19(13-24)28-16)23-21(26)10-14-6-7-14/h2-5,14,16-17,19,24H,6-13H2,1H3,(H,22,25)(H,23,26)/t16-,17-,19-/m0/s1. The lowest BCUT2D eigenvalue weighted by Crippen LogP contribution is -2.51. The van der Waals surface area contributed by atoms with Crippen molar-refractivity contribution >= 4 is 11.8 Å².